The van der Waals surface area contributed by atoms with E-state index in [-0.39, 0.29) is 0 Å². The molecule has 0 unspecified atom stereocenters. The van der Waals surface area contributed by atoms with Gasteiger partial charge in [-0.05, 0) is 39.4 Å². The van der Waals surface area contributed by atoms with Gasteiger partial charge in [-0.1, -0.05) is 37.6 Å². The van der Waals surface area contributed by atoms with Gasteiger partial charge in [-0.25, -0.2) is 0 Å². The molecule has 1 heterocycles. The van der Waals surface area contributed by atoms with Crippen LogP contribution in [0.5, 0.6) is 0 Å². The zero-order valence-corrected chi connectivity index (χ0v) is 12.8. The van der Waals surface area contributed by atoms with Crippen LogP contribution in [0, 0.1) is 0 Å². The predicted octanol–water partition coefficient (Wildman–Crippen LogP) is 2.08. The van der Waals surface area contributed by atoms with Gasteiger partial charge in [0.2, 0.25) is 0 Å². The molecule has 0 saturated heterocycles. The van der Waals surface area contributed by atoms with Crippen molar-refractivity contribution in [3.05, 3.63) is 23.4 Å². The topological polar surface area (TPSA) is 53.4 Å². The molecule has 0 amide bonds. The minimum Gasteiger partial charge on any atom is -0.387 e. The average Bonchev–Trinajstić information content (AvgIpc) is 2.18. The third kappa shape index (κ3) is 9.45. The van der Waals surface area contributed by atoms with E-state index in [1.165, 1.54) is 0 Å². The molecule has 18 heavy (non-hydrogen) atoms. The molecule has 5 heteroatoms. The van der Waals surface area contributed by atoms with Crippen LogP contribution in [0.2, 0.25) is 5.15 Å². The van der Waals surface area contributed by atoms with E-state index in [0.717, 1.165) is 0 Å². The Hall–Kier alpha value is -0.575. The van der Waals surface area contributed by atoms with E-state index in [0.29, 0.717) is 10.7 Å². The van der Waals surface area contributed by atoms with Crippen molar-refractivity contribution >= 4 is 25.0 Å². The third-order valence-corrected chi connectivity index (χ3v) is 2.44. The van der Waals surface area contributed by atoms with Crippen LogP contribution in [0.3, 0.4) is 0 Å². The molecule has 0 aliphatic carbocycles. The number of hydrogen-bond acceptors (Lipinski definition) is 3. The standard InChI is InChI=1S/C6H14O2.C5H3BClN.C2H6/c1-5(2,7)6(3,4)8;6-4-2-1-3-5(7)8-4;1-2/h7-8H,1-4H3;1-3H;1-2H3. The monoisotopic (exact) mass is 271 g/mol. The molecular weight excluding hydrogens is 248 g/mol. The Kier molecular flexibility index (Phi) is 9.34. The smallest absolute Gasteiger partial charge is 0.141 e. The van der Waals surface area contributed by atoms with E-state index in [4.69, 9.17) is 29.7 Å². The summed E-state index contributed by atoms with van der Waals surface area (Å²) in [6.07, 6.45) is 0. The second kappa shape index (κ2) is 8.51. The molecular formula is C13H23BClNO2. The molecule has 102 valence electrons. The molecule has 0 bridgehead atoms. The lowest BCUT2D eigenvalue weighted by atomic mass is 9.90. The quantitative estimate of drug-likeness (QED) is 0.607. The molecule has 1 aromatic rings. The number of rotatable bonds is 1. The van der Waals surface area contributed by atoms with E-state index < -0.39 is 11.2 Å². The van der Waals surface area contributed by atoms with Crippen LogP contribution >= 0.6 is 11.6 Å². The van der Waals surface area contributed by atoms with Gasteiger partial charge >= 0.3 is 0 Å². The molecule has 0 atom stereocenters. The summed E-state index contributed by atoms with van der Waals surface area (Å²) in [6, 6.07) is 5.12. The first kappa shape index (κ1) is 19.8. The summed E-state index contributed by atoms with van der Waals surface area (Å²) < 4.78 is 0. The van der Waals surface area contributed by atoms with Crippen LogP contribution in [0.25, 0.3) is 0 Å². The zero-order chi connectivity index (χ0) is 15.0. The fourth-order valence-electron chi connectivity index (χ4n) is 0.424. The normalized spacial score (nSPS) is 10.7. The number of hydrogen-bond donors (Lipinski definition) is 2. The second-order valence-corrected chi connectivity index (χ2v) is 4.89. The summed E-state index contributed by atoms with van der Waals surface area (Å²) in [6.45, 7) is 10.3. The molecule has 2 radical (unpaired) electrons. The molecule has 3 nitrogen and oxygen atoms in total. The first-order valence-corrected chi connectivity index (χ1v) is 6.24. The third-order valence-electron chi connectivity index (χ3n) is 2.23. The zero-order valence-electron chi connectivity index (χ0n) is 12.0. The van der Waals surface area contributed by atoms with Gasteiger partial charge in [0, 0.05) is 0 Å². The number of pyridine rings is 1. The lowest BCUT2D eigenvalue weighted by molar-refractivity contribution is -0.107. The van der Waals surface area contributed by atoms with Crippen molar-refractivity contribution in [3.8, 4) is 0 Å². The molecule has 1 rings (SSSR count). The maximum Gasteiger partial charge on any atom is 0.141 e. The van der Waals surface area contributed by atoms with E-state index in [1.807, 2.05) is 13.8 Å². The Morgan fingerprint density at radius 2 is 1.44 bits per heavy atom. The second-order valence-electron chi connectivity index (χ2n) is 4.50. The predicted molar refractivity (Wildman–Crippen MR) is 78.6 cm³/mol. The van der Waals surface area contributed by atoms with Gasteiger partial charge in [0.05, 0.1) is 11.2 Å². The minimum atomic E-state index is -1.01. The van der Waals surface area contributed by atoms with Crippen LogP contribution in [0.15, 0.2) is 18.2 Å². The summed E-state index contributed by atoms with van der Waals surface area (Å²) in [7, 11) is 5.26. The fourth-order valence-corrected chi connectivity index (χ4v) is 0.594. The molecule has 1 aromatic heterocycles. The largest absolute Gasteiger partial charge is 0.387 e. The van der Waals surface area contributed by atoms with Crippen molar-refractivity contribution in [2.45, 2.75) is 52.7 Å². The number of aliphatic hydroxyl groups is 2. The molecule has 2 N–H and O–H groups in total. The van der Waals surface area contributed by atoms with Crippen molar-refractivity contribution in [2.75, 3.05) is 0 Å². The van der Waals surface area contributed by atoms with Crippen molar-refractivity contribution in [3.63, 3.8) is 0 Å². The Morgan fingerprint density at radius 1 is 1.06 bits per heavy atom. The van der Waals surface area contributed by atoms with Crippen molar-refractivity contribution in [2.24, 2.45) is 0 Å². The van der Waals surface area contributed by atoms with Crippen LogP contribution in [-0.4, -0.2) is 34.2 Å². The number of nitrogens with zero attached hydrogens (tertiary/aromatic N) is 1. The van der Waals surface area contributed by atoms with Gasteiger partial charge in [-0.15, -0.1) is 0 Å². The lowest BCUT2D eigenvalue weighted by Gasteiger charge is -2.31. The van der Waals surface area contributed by atoms with E-state index in [9.17, 15) is 0 Å². The highest BCUT2D eigenvalue weighted by molar-refractivity contribution is 6.33. The van der Waals surface area contributed by atoms with E-state index >= 15 is 0 Å². The number of halogens is 1. The number of aromatic nitrogens is 1. The Bertz CT molecular complexity index is 303. The minimum absolute atomic E-state index is 0.435. The van der Waals surface area contributed by atoms with Crippen molar-refractivity contribution in [1.82, 2.24) is 4.98 Å². The Balaban J connectivity index is 0. The summed E-state index contributed by atoms with van der Waals surface area (Å²) in [5.74, 6) is 0. The summed E-state index contributed by atoms with van der Waals surface area (Å²) >= 11 is 5.45. The Morgan fingerprint density at radius 3 is 1.61 bits per heavy atom. The van der Waals surface area contributed by atoms with Gasteiger partial charge in [0.25, 0.3) is 0 Å². The first-order valence-electron chi connectivity index (χ1n) is 5.87. The van der Waals surface area contributed by atoms with E-state index in [1.54, 1.807) is 45.9 Å². The molecule has 0 aliphatic rings. The summed E-state index contributed by atoms with van der Waals surface area (Å²) in [4.78, 5) is 3.72. The van der Waals surface area contributed by atoms with Crippen molar-refractivity contribution < 1.29 is 10.2 Å². The van der Waals surface area contributed by atoms with Crippen LogP contribution in [0.4, 0.5) is 0 Å². The molecule has 0 aliphatic heterocycles. The maximum atomic E-state index is 9.10. The molecule has 0 fully saturated rings. The van der Waals surface area contributed by atoms with Crippen LogP contribution < -0.4 is 5.59 Å². The van der Waals surface area contributed by atoms with E-state index in [2.05, 4.69) is 4.98 Å². The highest BCUT2D eigenvalue weighted by Gasteiger charge is 2.31. The van der Waals surface area contributed by atoms with Crippen LogP contribution in [0.1, 0.15) is 41.5 Å². The van der Waals surface area contributed by atoms with Crippen LogP contribution in [-0.2, 0) is 0 Å². The SMILES string of the molecule is CC.CC(C)(O)C(C)(C)O.[B]c1cccc(Cl)n1. The van der Waals surface area contributed by atoms with Crippen molar-refractivity contribution in [1.29, 1.82) is 0 Å². The lowest BCUT2D eigenvalue weighted by Crippen LogP contribution is -2.44. The van der Waals surface area contributed by atoms with Gasteiger partial charge in [0.1, 0.15) is 13.0 Å². The van der Waals surface area contributed by atoms with Gasteiger partial charge < -0.3 is 10.2 Å². The first-order chi connectivity index (χ1) is 8.04. The van der Waals surface area contributed by atoms with Gasteiger partial charge in [-0.2, -0.15) is 0 Å². The molecule has 0 saturated carbocycles. The van der Waals surface area contributed by atoms with Gasteiger partial charge in [-0.3, -0.25) is 4.98 Å². The fraction of sp³-hybridized carbons (Fsp3) is 0.615. The summed E-state index contributed by atoms with van der Waals surface area (Å²) in [5.41, 5.74) is -1.56. The molecule has 0 spiro atoms. The summed E-state index contributed by atoms with van der Waals surface area (Å²) in [5, 5.41) is 18.6. The highest BCUT2D eigenvalue weighted by atomic mass is 35.5. The maximum absolute atomic E-state index is 9.10. The van der Waals surface area contributed by atoms with Gasteiger partial charge in [0.15, 0.2) is 0 Å². The Labute approximate surface area is 117 Å². The highest BCUT2D eigenvalue weighted by Crippen LogP contribution is 2.19. The average molecular weight is 272 g/mol. The molecule has 0 aromatic carbocycles.